The molecule has 0 aromatic rings. The van der Waals surface area contributed by atoms with Crippen molar-refractivity contribution in [1.29, 1.82) is 0 Å². The lowest BCUT2D eigenvalue weighted by Gasteiger charge is -2.30. The minimum atomic E-state index is -2.79. The van der Waals surface area contributed by atoms with E-state index in [2.05, 4.69) is 5.32 Å². The second-order valence-corrected chi connectivity index (χ2v) is 6.20. The summed E-state index contributed by atoms with van der Waals surface area (Å²) < 4.78 is 29.0. The fourth-order valence-corrected chi connectivity index (χ4v) is 3.79. The van der Waals surface area contributed by atoms with Gasteiger partial charge in [0, 0.05) is 18.0 Å². The topological polar surface area (TPSA) is 72.7 Å². The van der Waals surface area contributed by atoms with Gasteiger partial charge in [0.05, 0.1) is 0 Å². The van der Waals surface area contributed by atoms with Crippen molar-refractivity contribution >= 4 is 0 Å². The molecule has 0 aromatic heterocycles. The third kappa shape index (κ3) is 2.65. The van der Waals surface area contributed by atoms with Crippen molar-refractivity contribution in [3.63, 3.8) is 0 Å². The standard InChI is InChI=1S/C16H21F2NO3/c17-16(18)12-4-2-1-3-10(12)11-7-9(5-6-13(11)16)15(22)19-8-14(20)21/h3-5,11,13-15,19-22H,1-2,6-8H2. The molecule has 3 unspecified atom stereocenters. The predicted molar refractivity (Wildman–Crippen MR) is 76.9 cm³/mol. The summed E-state index contributed by atoms with van der Waals surface area (Å²) in [6, 6.07) is 0. The Kier molecular flexibility index (Phi) is 4.20. The number of aliphatic hydroxyl groups is 3. The minimum Gasteiger partial charge on any atom is -0.375 e. The van der Waals surface area contributed by atoms with E-state index in [4.69, 9.17) is 10.2 Å². The Morgan fingerprint density at radius 2 is 1.91 bits per heavy atom. The summed E-state index contributed by atoms with van der Waals surface area (Å²) in [7, 11) is 0. The van der Waals surface area contributed by atoms with Gasteiger partial charge in [-0.1, -0.05) is 18.2 Å². The van der Waals surface area contributed by atoms with Crippen LogP contribution in [0.25, 0.3) is 0 Å². The Morgan fingerprint density at radius 1 is 1.18 bits per heavy atom. The van der Waals surface area contributed by atoms with E-state index < -0.39 is 24.4 Å². The van der Waals surface area contributed by atoms with Crippen LogP contribution >= 0.6 is 0 Å². The highest BCUT2D eigenvalue weighted by molar-refractivity contribution is 5.48. The Hall–Kier alpha value is -1.08. The van der Waals surface area contributed by atoms with E-state index >= 15 is 0 Å². The highest BCUT2D eigenvalue weighted by atomic mass is 19.3. The second kappa shape index (κ2) is 5.85. The van der Waals surface area contributed by atoms with Crippen molar-refractivity contribution in [2.24, 2.45) is 11.8 Å². The summed E-state index contributed by atoms with van der Waals surface area (Å²) in [5.41, 5.74) is 1.56. The van der Waals surface area contributed by atoms with Crippen molar-refractivity contribution in [2.75, 3.05) is 6.54 Å². The quantitative estimate of drug-likeness (QED) is 0.468. The van der Waals surface area contributed by atoms with Crippen LogP contribution in [-0.4, -0.2) is 40.3 Å². The molecule has 1 fully saturated rings. The molecule has 6 heteroatoms. The Balaban J connectivity index is 1.78. The van der Waals surface area contributed by atoms with Gasteiger partial charge in [0.2, 0.25) is 0 Å². The number of fused-ring (bicyclic) bond motifs is 3. The molecule has 1 saturated carbocycles. The first kappa shape index (κ1) is 15.8. The zero-order chi connectivity index (χ0) is 15.9. The van der Waals surface area contributed by atoms with E-state index in [0.717, 1.165) is 12.0 Å². The molecule has 3 aliphatic carbocycles. The fraction of sp³-hybridized carbons (Fsp3) is 0.625. The molecule has 4 nitrogen and oxygen atoms in total. The Bertz CT molecular complexity index is 540. The van der Waals surface area contributed by atoms with E-state index in [1.54, 1.807) is 12.2 Å². The van der Waals surface area contributed by atoms with Crippen molar-refractivity contribution < 1.29 is 24.1 Å². The fourth-order valence-electron chi connectivity index (χ4n) is 3.79. The summed E-state index contributed by atoms with van der Waals surface area (Å²) >= 11 is 0. The van der Waals surface area contributed by atoms with Gasteiger partial charge in [-0.05, 0) is 42.7 Å². The maximum Gasteiger partial charge on any atom is 0.276 e. The molecule has 0 spiro atoms. The molecular formula is C16H21F2NO3. The molecule has 0 amide bonds. The maximum absolute atomic E-state index is 14.5. The van der Waals surface area contributed by atoms with Crippen LogP contribution < -0.4 is 5.32 Å². The maximum atomic E-state index is 14.5. The van der Waals surface area contributed by atoms with E-state index in [0.29, 0.717) is 18.4 Å². The third-order valence-corrected chi connectivity index (χ3v) is 4.83. The van der Waals surface area contributed by atoms with E-state index in [9.17, 15) is 13.9 Å². The number of alkyl halides is 2. The number of halogens is 2. The summed E-state index contributed by atoms with van der Waals surface area (Å²) in [5.74, 6) is -3.79. The second-order valence-electron chi connectivity index (χ2n) is 6.20. The van der Waals surface area contributed by atoms with Gasteiger partial charge in [-0.15, -0.1) is 0 Å². The minimum absolute atomic E-state index is 0.170. The van der Waals surface area contributed by atoms with Crippen LogP contribution in [0.5, 0.6) is 0 Å². The Morgan fingerprint density at radius 3 is 2.64 bits per heavy atom. The van der Waals surface area contributed by atoms with Crippen molar-refractivity contribution in [1.82, 2.24) is 5.32 Å². The van der Waals surface area contributed by atoms with E-state index in [-0.39, 0.29) is 24.5 Å². The molecular weight excluding hydrogens is 292 g/mol. The van der Waals surface area contributed by atoms with Crippen LogP contribution in [0.3, 0.4) is 0 Å². The van der Waals surface area contributed by atoms with Crippen LogP contribution in [0, 0.1) is 11.8 Å². The van der Waals surface area contributed by atoms with Crippen molar-refractivity contribution in [2.45, 2.75) is 44.1 Å². The first-order valence-corrected chi connectivity index (χ1v) is 7.66. The predicted octanol–water partition coefficient (Wildman–Crippen LogP) is 1.45. The number of hydrogen-bond acceptors (Lipinski definition) is 4. The van der Waals surface area contributed by atoms with E-state index in [1.165, 1.54) is 0 Å². The number of allylic oxidation sites excluding steroid dienone is 5. The van der Waals surface area contributed by atoms with Gasteiger partial charge in [-0.3, -0.25) is 5.32 Å². The number of nitrogens with one attached hydrogen (secondary N) is 1. The average Bonchev–Trinajstić information content (AvgIpc) is 2.73. The van der Waals surface area contributed by atoms with Gasteiger partial charge in [-0.25, -0.2) is 8.78 Å². The summed E-state index contributed by atoms with van der Waals surface area (Å²) in [6.07, 6.45) is 4.68. The molecule has 22 heavy (non-hydrogen) atoms. The van der Waals surface area contributed by atoms with Gasteiger partial charge < -0.3 is 15.3 Å². The largest absolute Gasteiger partial charge is 0.375 e. The normalized spacial score (nSPS) is 31.1. The van der Waals surface area contributed by atoms with Gasteiger partial charge >= 0.3 is 0 Å². The average molecular weight is 313 g/mol. The number of aliphatic hydroxyl groups excluding tert-OH is 2. The van der Waals surface area contributed by atoms with Gasteiger partial charge in [0.25, 0.3) is 5.92 Å². The highest BCUT2D eigenvalue weighted by Gasteiger charge is 2.56. The first-order valence-electron chi connectivity index (χ1n) is 7.66. The Labute approximate surface area is 127 Å². The molecule has 0 aromatic carbocycles. The molecule has 0 heterocycles. The van der Waals surface area contributed by atoms with Gasteiger partial charge in [0.1, 0.15) is 6.23 Å². The highest BCUT2D eigenvalue weighted by Crippen LogP contribution is 2.57. The van der Waals surface area contributed by atoms with Gasteiger partial charge in [-0.2, -0.15) is 0 Å². The molecule has 122 valence electrons. The molecule has 3 aliphatic rings. The van der Waals surface area contributed by atoms with Crippen LogP contribution in [0.15, 0.2) is 34.9 Å². The molecule has 0 radical (unpaired) electrons. The van der Waals surface area contributed by atoms with Crippen LogP contribution in [0.4, 0.5) is 8.78 Å². The number of hydrogen-bond donors (Lipinski definition) is 4. The SMILES string of the molecule is OC(O)CNC(O)C1=CCC2C(C1)C1=CCCC=C1C2(F)F. The van der Waals surface area contributed by atoms with Crippen LogP contribution in [0.2, 0.25) is 0 Å². The number of rotatable bonds is 4. The first-order chi connectivity index (χ1) is 10.4. The summed E-state index contributed by atoms with van der Waals surface area (Å²) in [4.78, 5) is 0. The summed E-state index contributed by atoms with van der Waals surface area (Å²) in [5, 5.41) is 30.3. The molecule has 3 atom stereocenters. The summed E-state index contributed by atoms with van der Waals surface area (Å²) in [6.45, 7) is -0.170. The molecule has 4 N–H and O–H groups in total. The molecule has 0 bridgehead atoms. The monoisotopic (exact) mass is 313 g/mol. The molecule has 3 rings (SSSR count). The zero-order valence-electron chi connectivity index (χ0n) is 12.2. The lowest BCUT2D eigenvalue weighted by atomic mass is 9.78. The van der Waals surface area contributed by atoms with Crippen molar-refractivity contribution in [3.05, 3.63) is 34.9 Å². The molecule has 0 aliphatic heterocycles. The smallest absolute Gasteiger partial charge is 0.276 e. The van der Waals surface area contributed by atoms with Crippen LogP contribution in [0.1, 0.15) is 25.7 Å². The lowest BCUT2D eigenvalue weighted by molar-refractivity contribution is -0.0451. The van der Waals surface area contributed by atoms with Crippen molar-refractivity contribution in [3.8, 4) is 0 Å². The zero-order valence-corrected chi connectivity index (χ0v) is 12.2. The lowest BCUT2D eigenvalue weighted by Crippen LogP contribution is -2.39. The van der Waals surface area contributed by atoms with Gasteiger partial charge in [0.15, 0.2) is 6.29 Å². The third-order valence-electron chi connectivity index (χ3n) is 4.83. The van der Waals surface area contributed by atoms with Crippen LogP contribution in [-0.2, 0) is 0 Å². The van der Waals surface area contributed by atoms with E-state index in [1.807, 2.05) is 6.08 Å². The molecule has 0 saturated heterocycles.